The molecule has 23 heavy (non-hydrogen) atoms. The minimum atomic E-state index is -0.119. The van der Waals surface area contributed by atoms with E-state index in [9.17, 15) is 4.79 Å². The second-order valence-electron chi connectivity index (χ2n) is 6.78. The van der Waals surface area contributed by atoms with Crippen LogP contribution in [0.5, 0.6) is 0 Å². The molecule has 0 saturated heterocycles. The van der Waals surface area contributed by atoms with E-state index < -0.39 is 0 Å². The van der Waals surface area contributed by atoms with Crippen LogP contribution in [0.3, 0.4) is 0 Å². The lowest BCUT2D eigenvalue weighted by atomic mass is 9.79. The van der Waals surface area contributed by atoms with Crippen molar-refractivity contribution < 1.29 is 9.90 Å². The third kappa shape index (κ3) is 4.35. The molecule has 3 rings (SSSR count). The summed E-state index contributed by atoms with van der Waals surface area (Å²) in [5.41, 5.74) is 1.17. The van der Waals surface area contributed by atoms with Crippen LogP contribution < -0.4 is 10.6 Å². The predicted molar refractivity (Wildman–Crippen MR) is 90.9 cm³/mol. The molecule has 0 heterocycles. The summed E-state index contributed by atoms with van der Waals surface area (Å²) in [4.78, 5) is 12.3. The highest BCUT2D eigenvalue weighted by Crippen LogP contribution is 2.34. The fourth-order valence-corrected chi connectivity index (χ4v) is 3.41. The van der Waals surface area contributed by atoms with E-state index in [1.807, 2.05) is 30.4 Å². The summed E-state index contributed by atoms with van der Waals surface area (Å²) in [5, 5.41) is 15.3. The Morgan fingerprint density at radius 3 is 2.61 bits per heavy atom. The minimum absolute atomic E-state index is 0.0206. The summed E-state index contributed by atoms with van der Waals surface area (Å²) < 4.78 is 0. The largest absolute Gasteiger partial charge is 0.396 e. The normalized spacial score (nSPS) is 24.9. The number of rotatable bonds is 6. The SMILES string of the molecule is O=C(N[C@@H]1C=C[C@H](CO)C1)N[C@@H](CC1CCC1)c1ccccc1. The van der Waals surface area contributed by atoms with Crippen LogP contribution >= 0.6 is 0 Å². The minimum Gasteiger partial charge on any atom is -0.396 e. The van der Waals surface area contributed by atoms with Crippen LogP contribution in [0.15, 0.2) is 42.5 Å². The maximum Gasteiger partial charge on any atom is 0.315 e. The Morgan fingerprint density at radius 2 is 2.00 bits per heavy atom. The number of carbonyl (C=O) groups excluding carboxylic acids is 1. The standard InChI is InChI=1S/C19H26N2O2/c22-13-15-9-10-17(11-15)20-19(23)21-18(12-14-5-4-6-14)16-7-2-1-3-8-16/h1-3,7-10,14-15,17-18,22H,4-6,11-13H2,(H2,20,21,23)/t15-,17+,18-/m0/s1. The van der Waals surface area contributed by atoms with E-state index in [0.29, 0.717) is 0 Å². The fourth-order valence-electron chi connectivity index (χ4n) is 3.41. The van der Waals surface area contributed by atoms with Gasteiger partial charge in [0.1, 0.15) is 0 Å². The molecule has 4 heteroatoms. The zero-order chi connectivity index (χ0) is 16.1. The van der Waals surface area contributed by atoms with E-state index in [1.165, 1.54) is 24.8 Å². The van der Waals surface area contributed by atoms with Gasteiger partial charge >= 0.3 is 6.03 Å². The maximum atomic E-state index is 12.3. The number of carbonyl (C=O) groups is 1. The van der Waals surface area contributed by atoms with Crippen molar-refractivity contribution in [2.75, 3.05) is 6.61 Å². The first-order valence-electron chi connectivity index (χ1n) is 8.65. The molecule has 1 fully saturated rings. The number of amides is 2. The molecule has 0 aliphatic heterocycles. The molecule has 0 spiro atoms. The molecule has 1 aromatic carbocycles. The van der Waals surface area contributed by atoms with Crippen molar-refractivity contribution in [2.24, 2.45) is 11.8 Å². The molecule has 2 aliphatic carbocycles. The molecule has 1 saturated carbocycles. The highest BCUT2D eigenvalue weighted by molar-refractivity contribution is 5.75. The lowest BCUT2D eigenvalue weighted by molar-refractivity contribution is 0.220. The van der Waals surface area contributed by atoms with Crippen molar-refractivity contribution in [3.8, 4) is 0 Å². The van der Waals surface area contributed by atoms with Crippen molar-refractivity contribution >= 4 is 6.03 Å². The molecule has 0 radical (unpaired) electrons. The molecule has 2 amide bonds. The first-order chi connectivity index (χ1) is 11.2. The van der Waals surface area contributed by atoms with E-state index in [-0.39, 0.29) is 30.6 Å². The summed E-state index contributed by atoms with van der Waals surface area (Å²) in [5.74, 6) is 0.894. The molecule has 124 valence electrons. The van der Waals surface area contributed by atoms with Crippen molar-refractivity contribution in [3.63, 3.8) is 0 Å². The summed E-state index contributed by atoms with van der Waals surface area (Å²) in [7, 11) is 0. The van der Waals surface area contributed by atoms with Crippen LogP contribution in [0.4, 0.5) is 4.79 Å². The van der Waals surface area contributed by atoms with Gasteiger partial charge in [0.05, 0.1) is 6.04 Å². The van der Waals surface area contributed by atoms with Crippen molar-refractivity contribution in [3.05, 3.63) is 48.0 Å². The lowest BCUT2D eigenvalue weighted by Crippen LogP contribution is -2.43. The smallest absolute Gasteiger partial charge is 0.315 e. The lowest BCUT2D eigenvalue weighted by Gasteiger charge is -2.30. The first kappa shape index (κ1) is 16.1. The van der Waals surface area contributed by atoms with Crippen LogP contribution in [0.1, 0.15) is 43.7 Å². The van der Waals surface area contributed by atoms with Crippen molar-refractivity contribution in [1.82, 2.24) is 10.6 Å². The highest BCUT2D eigenvalue weighted by atomic mass is 16.3. The van der Waals surface area contributed by atoms with Gasteiger partial charge in [-0.25, -0.2) is 4.79 Å². The van der Waals surface area contributed by atoms with Crippen molar-refractivity contribution in [1.29, 1.82) is 0 Å². The molecular weight excluding hydrogens is 288 g/mol. The van der Waals surface area contributed by atoms with Gasteiger partial charge in [0.25, 0.3) is 0 Å². The maximum absolute atomic E-state index is 12.3. The number of urea groups is 1. The Bertz CT molecular complexity index is 540. The Balaban J connectivity index is 1.57. The Labute approximate surface area is 138 Å². The van der Waals surface area contributed by atoms with E-state index in [2.05, 4.69) is 22.8 Å². The second-order valence-corrected chi connectivity index (χ2v) is 6.78. The average Bonchev–Trinajstić information content (AvgIpc) is 2.98. The second kappa shape index (κ2) is 7.64. The van der Waals surface area contributed by atoms with Crippen LogP contribution in [0, 0.1) is 11.8 Å². The number of hydrogen-bond acceptors (Lipinski definition) is 2. The van der Waals surface area contributed by atoms with Gasteiger partial charge in [-0.15, -0.1) is 0 Å². The molecule has 1 aromatic rings. The molecule has 3 N–H and O–H groups in total. The van der Waals surface area contributed by atoms with Gasteiger partial charge in [0.15, 0.2) is 0 Å². The van der Waals surface area contributed by atoms with Gasteiger partial charge in [0.2, 0.25) is 0 Å². The van der Waals surface area contributed by atoms with Gasteiger partial charge in [-0.1, -0.05) is 61.7 Å². The zero-order valence-electron chi connectivity index (χ0n) is 13.4. The number of aliphatic hydroxyl groups is 1. The Hall–Kier alpha value is -1.81. The number of benzene rings is 1. The van der Waals surface area contributed by atoms with E-state index >= 15 is 0 Å². The summed E-state index contributed by atoms with van der Waals surface area (Å²) in [6, 6.07) is 10.2. The number of hydrogen-bond donors (Lipinski definition) is 3. The molecule has 0 unspecified atom stereocenters. The van der Waals surface area contributed by atoms with Crippen LogP contribution in [-0.2, 0) is 0 Å². The monoisotopic (exact) mass is 314 g/mol. The van der Waals surface area contributed by atoms with Gasteiger partial charge < -0.3 is 15.7 Å². The van der Waals surface area contributed by atoms with Gasteiger partial charge in [-0.05, 0) is 24.3 Å². The Kier molecular flexibility index (Phi) is 5.34. The highest BCUT2D eigenvalue weighted by Gasteiger charge is 2.25. The molecule has 3 atom stereocenters. The quantitative estimate of drug-likeness (QED) is 0.706. The average molecular weight is 314 g/mol. The van der Waals surface area contributed by atoms with Gasteiger partial charge in [-0.2, -0.15) is 0 Å². The fraction of sp³-hybridized carbons (Fsp3) is 0.526. The summed E-state index contributed by atoms with van der Waals surface area (Å²) in [6.45, 7) is 0.143. The van der Waals surface area contributed by atoms with E-state index in [4.69, 9.17) is 5.11 Å². The van der Waals surface area contributed by atoms with Crippen LogP contribution in [0.25, 0.3) is 0 Å². The van der Waals surface area contributed by atoms with Crippen molar-refractivity contribution in [2.45, 2.75) is 44.2 Å². The topological polar surface area (TPSA) is 61.4 Å². The molecule has 2 aliphatic rings. The molecule has 0 aromatic heterocycles. The van der Waals surface area contributed by atoms with Crippen LogP contribution in [0.2, 0.25) is 0 Å². The van der Waals surface area contributed by atoms with Gasteiger partial charge in [0, 0.05) is 18.6 Å². The molecule has 4 nitrogen and oxygen atoms in total. The zero-order valence-corrected chi connectivity index (χ0v) is 13.4. The van der Waals surface area contributed by atoms with Crippen LogP contribution in [-0.4, -0.2) is 23.8 Å². The third-order valence-electron chi connectivity index (χ3n) is 5.02. The first-order valence-corrected chi connectivity index (χ1v) is 8.65. The van der Waals surface area contributed by atoms with Gasteiger partial charge in [-0.3, -0.25) is 0 Å². The Morgan fingerprint density at radius 1 is 1.22 bits per heavy atom. The number of nitrogens with one attached hydrogen (secondary N) is 2. The van der Waals surface area contributed by atoms with E-state index in [0.717, 1.165) is 18.8 Å². The third-order valence-corrected chi connectivity index (χ3v) is 5.02. The van der Waals surface area contributed by atoms with E-state index in [1.54, 1.807) is 0 Å². The number of aliphatic hydroxyl groups excluding tert-OH is 1. The molecular formula is C19H26N2O2. The summed E-state index contributed by atoms with van der Waals surface area (Å²) >= 11 is 0. The summed E-state index contributed by atoms with van der Waals surface area (Å²) in [6.07, 6.45) is 9.61. The predicted octanol–water partition coefficient (Wildman–Crippen LogP) is 3.15. The molecule has 0 bridgehead atoms.